The molecule has 0 aliphatic heterocycles. The summed E-state index contributed by atoms with van der Waals surface area (Å²) in [6.07, 6.45) is 5.12. The molecular weight excluding hydrogens is 120 g/mol. The third-order valence-electron chi connectivity index (χ3n) is 0.478. The van der Waals surface area contributed by atoms with E-state index in [-0.39, 0.29) is 6.15 Å². The van der Waals surface area contributed by atoms with E-state index in [1.165, 1.54) is 6.33 Å². The molecule has 4 nitrogen and oxygen atoms in total. The monoisotopic (exact) mass is 124 g/mol. The highest BCUT2D eigenvalue weighted by Crippen LogP contribution is 1.66. The minimum absolute atomic E-state index is 0.250. The second-order valence-electron chi connectivity index (χ2n) is 0.988. The Labute approximate surface area is 51.6 Å². The van der Waals surface area contributed by atoms with Gasteiger partial charge in [-0.2, -0.15) is 9.59 Å². The number of hydrogen-bond acceptors (Lipinski definition) is 4. The minimum Gasteiger partial charge on any atom is -0.245 e. The summed E-state index contributed by atoms with van der Waals surface area (Å²) in [6.45, 7) is 0. The molecule has 0 spiro atoms. The molecule has 1 aromatic heterocycles. The largest absolute Gasteiger partial charge is 0.373 e. The van der Waals surface area contributed by atoms with Gasteiger partial charge in [0.2, 0.25) is 0 Å². The average molecular weight is 124 g/mol. The first-order chi connectivity index (χ1) is 4.41. The summed E-state index contributed by atoms with van der Waals surface area (Å²) in [6, 6.07) is 1.78. The lowest BCUT2D eigenvalue weighted by Gasteiger charge is -1.70. The summed E-state index contributed by atoms with van der Waals surface area (Å²) in [4.78, 5) is 23.6. The highest BCUT2D eigenvalue weighted by atomic mass is 16.2. The van der Waals surface area contributed by atoms with Crippen LogP contribution in [0.1, 0.15) is 0 Å². The van der Waals surface area contributed by atoms with Crippen LogP contribution in [0.2, 0.25) is 0 Å². The van der Waals surface area contributed by atoms with Crippen LogP contribution < -0.4 is 0 Å². The third-order valence-corrected chi connectivity index (χ3v) is 0.478. The Bertz CT molecular complexity index is 143. The van der Waals surface area contributed by atoms with Crippen molar-refractivity contribution in [1.82, 2.24) is 9.97 Å². The maximum Gasteiger partial charge on any atom is 0.373 e. The maximum absolute atomic E-state index is 8.12. The molecule has 0 unspecified atom stereocenters. The van der Waals surface area contributed by atoms with Gasteiger partial charge in [0, 0.05) is 12.4 Å². The van der Waals surface area contributed by atoms with Crippen molar-refractivity contribution in [2.45, 2.75) is 0 Å². The molecule has 0 N–H and O–H groups in total. The van der Waals surface area contributed by atoms with E-state index in [0.717, 1.165) is 0 Å². The molecule has 0 aliphatic rings. The van der Waals surface area contributed by atoms with Crippen molar-refractivity contribution >= 4 is 6.15 Å². The Morgan fingerprint density at radius 3 is 1.67 bits per heavy atom. The SMILES string of the molecule is O=C=O.c1cncnc1. The van der Waals surface area contributed by atoms with Crippen molar-refractivity contribution < 1.29 is 9.59 Å². The van der Waals surface area contributed by atoms with E-state index >= 15 is 0 Å². The standard InChI is InChI=1S/C4H4N2.CO2/c1-2-5-4-6-3-1;2-1-3/h1-4H;. The molecule has 0 amide bonds. The summed E-state index contributed by atoms with van der Waals surface area (Å²) < 4.78 is 0. The van der Waals surface area contributed by atoms with Crippen LogP contribution in [0.15, 0.2) is 24.8 Å². The normalized spacial score (nSPS) is 6.22. The highest BCUT2D eigenvalue weighted by Gasteiger charge is 1.59. The summed E-state index contributed by atoms with van der Waals surface area (Å²) in [5.41, 5.74) is 0. The van der Waals surface area contributed by atoms with Gasteiger partial charge >= 0.3 is 6.15 Å². The predicted molar refractivity (Wildman–Crippen MR) is 27.0 cm³/mol. The topological polar surface area (TPSA) is 59.9 Å². The number of aromatic nitrogens is 2. The zero-order valence-electron chi connectivity index (χ0n) is 4.52. The lowest BCUT2D eigenvalue weighted by molar-refractivity contribution is -0.191. The fourth-order valence-corrected chi connectivity index (χ4v) is 0.253. The van der Waals surface area contributed by atoms with Gasteiger partial charge in [0.1, 0.15) is 6.33 Å². The van der Waals surface area contributed by atoms with Gasteiger partial charge in [-0.1, -0.05) is 0 Å². The van der Waals surface area contributed by atoms with Crippen LogP contribution in [-0.4, -0.2) is 16.1 Å². The lowest BCUT2D eigenvalue weighted by atomic mass is 10.7. The number of hydrogen-bond donors (Lipinski definition) is 0. The van der Waals surface area contributed by atoms with E-state index in [1.54, 1.807) is 18.5 Å². The first kappa shape index (κ1) is 7.46. The Balaban J connectivity index is 0.000000187. The van der Waals surface area contributed by atoms with Gasteiger partial charge in [0.25, 0.3) is 0 Å². The van der Waals surface area contributed by atoms with Gasteiger partial charge in [0.15, 0.2) is 0 Å². The van der Waals surface area contributed by atoms with Crippen molar-refractivity contribution in [3.05, 3.63) is 24.8 Å². The van der Waals surface area contributed by atoms with Gasteiger partial charge in [-0.3, -0.25) is 0 Å². The summed E-state index contributed by atoms with van der Waals surface area (Å²) in [5, 5.41) is 0. The second-order valence-corrected chi connectivity index (χ2v) is 0.988. The van der Waals surface area contributed by atoms with Crippen molar-refractivity contribution in [3.8, 4) is 0 Å². The van der Waals surface area contributed by atoms with E-state index in [0.29, 0.717) is 0 Å². The molecule has 0 bridgehead atoms. The van der Waals surface area contributed by atoms with Gasteiger partial charge < -0.3 is 0 Å². The molecule has 0 atom stereocenters. The van der Waals surface area contributed by atoms with E-state index in [2.05, 4.69) is 9.97 Å². The van der Waals surface area contributed by atoms with Crippen molar-refractivity contribution in [3.63, 3.8) is 0 Å². The molecule has 46 valence electrons. The molecule has 9 heavy (non-hydrogen) atoms. The van der Waals surface area contributed by atoms with Crippen LogP contribution in [0.3, 0.4) is 0 Å². The molecular formula is C5H4N2O2. The third kappa shape index (κ3) is 6.46. The quantitative estimate of drug-likeness (QED) is 0.484. The Kier molecular flexibility index (Phi) is 5.35. The number of rotatable bonds is 0. The van der Waals surface area contributed by atoms with E-state index in [9.17, 15) is 0 Å². The summed E-state index contributed by atoms with van der Waals surface area (Å²) >= 11 is 0. The van der Waals surface area contributed by atoms with Crippen LogP contribution in [-0.2, 0) is 9.59 Å². The molecule has 0 aliphatic carbocycles. The van der Waals surface area contributed by atoms with Crippen LogP contribution in [0, 0.1) is 0 Å². The van der Waals surface area contributed by atoms with Crippen LogP contribution in [0.25, 0.3) is 0 Å². The fraction of sp³-hybridized carbons (Fsp3) is 0. The molecule has 1 aromatic rings. The van der Waals surface area contributed by atoms with Crippen molar-refractivity contribution in [2.24, 2.45) is 0 Å². The molecule has 4 heteroatoms. The number of nitrogens with zero attached hydrogens (tertiary/aromatic N) is 2. The number of carbonyl (C=O) groups excluding carboxylic acids is 2. The molecule has 1 rings (SSSR count). The second kappa shape index (κ2) is 6.46. The van der Waals surface area contributed by atoms with Crippen LogP contribution >= 0.6 is 0 Å². The summed E-state index contributed by atoms with van der Waals surface area (Å²) in [7, 11) is 0. The van der Waals surface area contributed by atoms with E-state index in [1.807, 2.05) is 0 Å². The van der Waals surface area contributed by atoms with Crippen molar-refractivity contribution in [2.75, 3.05) is 0 Å². The van der Waals surface area contributed by atoms with Gasteiger partial charge in [-0.05, 0) is 6.07 Å². The fourth-order valence-electron chi connectivity index (χ4n) is 0.253. The van der Waals surface area contributed by atoms with Gasteiger partial charge in [-0.25, -0.2) is 9.97 Å². The maximum atomic E-state index is 8.12. The summed E-state index contributed by atoms with van der Waals surface area (Å²) in [5.74, 6) is 0. The van der Waals surface area contributed by atoms with Gasteiger partial charge in [-0.15, -0.1) is 0 Å². The molecule has 0 saturated heterocycles. The van der Waals surface area contributed by atoms with E-state index in [4.69, 9.17) is 9.59 Å². The molecule has 1 heterocycles. The Hall–Kier alpha value is -1.54. The average Bonchev–Trinajstić information content (AvgIpc) is 1.93. The molecule has 0 saturated carbocycles. The first-order valence-corrected chi connectivity index (χ1v) is 2.11. The predicted octanol–water partition coefficient (Wildman–Crippen LogP) is -0.107. The molecule has 0 radical (unpaired) electrons. The highest BCUT2D eigenvalue weighted by molar-refractivity contribution is 5.20. The van der Waals surface area contributed by atoms with E-state index < -0.39 is 0 Å². The van der Waals surface area contributed by atoms with Crippen LogP contribution in [0.4, 0.5) is 0 Å². The molecule has 0 fully saturated rings. The van der Waals surface area contributed by atoms with Crippen molar-refractivity contribution in [1.29, 1.82) is 0 Å². The lowest BCUT2D eigenvalue weighted by Crippen LogP contribution is -1.66. The Morgan fingerprint density at radius 2 is 1.56 bits per heavy atom. The first-order valence-electron chi connectivity index (χ1n) is 2.11. The zero-order valence-corrected chi connectivity index (χ0v) is 4.52. The Morgan fingerprint density at radius 1 is 1.11 bits per heavy atom. The van der Waals surface area contributed by atoms with Crippen LogP contribution in [0.5, 0.6) is 0 Å². The zero-order chi connectivity index (χ0) is 6.95. The van der Waals surface area contributed by atoms with Gasteiger partial charge in [0.05, 0.1) is 0 Å². The minimum atomic E-state index is 0.250. The smallest absolute Gasteiger partial charge is 0.245 e. The molecule has 0 aromatic carbocycles.